The highest BCUT2D eigenvalue weighted by atomic mass is 16.7. The van der Waals surface area contributed by atoms with E-state index in [9.17, 15) is 35.1 Å². The largest absolute Gasteiger partial charge is 0.430 e. The summed E-state index contributed by atoms with van der Waals surface area (Å²) in [5.74, 6) is -0.870. The Morgan fingerprint density at radius 3 is 2.48 bits per heavy atom. The molecule has 2 bridgehead atoms. The first-order valence-electron chi connectivity index (χ1n) is 10.1. The fraction of sp³-hybridized carbons (Fsp3) is 0.714. The van der Waals surface area contributed by atoms with Gasteiger partial charge in [0.05, 0.1) is 13.2 Å². The first-order valence-corrected chi connectivity index (χ1v) is 10.1. The van der Waals surface area contributed by atoms with Crippen LogP contribution in [0.15, 0.2) is 23.8 Å². The van der Waals surface area contributed by atoms with Crippen LogP contribution < -0.4 is 0 Å². The number of allylic oxidation sites excluding steroid dienone is 2. The summed E-state index contributed by atoms with van der Waals surface area (Å²) in [4.78, 5) is 24.3. The van der Waals surface area contributed by atoms with Crippen molar-refractivity contribution in [1.82, 2.24) is 0 Å². The van der Waals surface area contributed by atoms with Gasteiger partial charge in [-0.2, -0.15) is 0 Å². The maximum Gasteiger partial charge on any atom is 0.333 e. The van der Waals surface area contributed by atoms with Crippen molar-refractivity contribution in [3.63, 3.8) is 0 Å². The van der Waals surface area contributed by atoms with Gasteiger partial charge in [-0.05, 0) is 25.5 Å². The summed E-state index contributed by atoms with van der Waals surface area (Å²) in [7, 11) is 0. The summed E-state index contributed by atoms with van der Waals surface area (Å²) < 4.78 is 15.9. The van der Waals surface area contributed by atoms with Crippen molar-refractivity contribution in [2.45, 2.75) is 75.5 Å². The predicted octanol–water partition coefficient (Wildman–Crippen LogP) is -1.28. The molecule has 0 radical (unpaired) electrons. The Labute approximate surface area is 179 Å². The van der Waals surface area contributed by atoms with Crippen molar-refractivity contribution in [2.75, 3.05) is 13.2 Å². The molecule has 0 spiro atoms. The SMILES string of the molecule is CC(/C=C/[C@]1(O)[C@@]2(C)CO[C@]1(C)CC(=O)C2)=C\C(=O)O[C@@H]1O[C@H](CO)[C@@H](O)[C@H](O)[C@H]1O. The number of aliphatic hydroxyl groups is 5. The summed E-state index contributed by atoms with van der Waals surface area (Å²) >= 11 is 0. The molecule has 1 saturated carbocycles. The Hall–Kier alpha value is -1.66. The average molecular weight is 442 g/mol. The third-order valence-corrected chi connectivity index (χ3v) is 6.57. The number of hydrogen-bond acceptors (Lipinski definition) is 10. The second-order valence-electron chi connectivity index (χ2n) is 9.09. The van der Waals surface area contributed by atoms with E-state index < -0.39 is 59.9 Å². The molecule has 0 aromatic carbocycles. The fourth-order valence-electron chi connectivity index (χ4n) is 4.60. The number of ether oxygens (including phenoxy) is 3. The molecule has 2 saturated heterocycles. The van der Waals surface area contributed by atoms with Gasteiger partial charge in [0.25, 0.3) is 0 Å². The van der Waals surface area contributed by atoms with Crippen LogP contribution in [0.1, 0.15) is 33.6 Å². The second-order valence-corrected chi connectivity index (χ2v) is 9.09. The monoisotopic (exact) mass is 442 g/mol. The van der Waals surface area contributed by atoms with Crippen LogP contribution in [0.4, 0.5) is 0 Å². The smallest absolute Gasteiger partial charge is 0.333 e. The number of rotatable bonds is 5. The van der Waals surface area contributed by atoms with Crippen LogP contribution in [0.3, 0.4) is 0 Å². The van der Waals surface area contributed by atoms with Crippen LogP contribution in [0, 0.1) is 5.41 Å². The van der Waals surface area contributed by atoms with E-state index in [1.54, 1.807) is 20.8 Å². The number of aliphatic hydroxyl groups excluding tert-OH is 4. The van der Waals surface area contributed by atoms with E-state index in [2.05, 4.69) is 0 Å². The van der Waals surface area contributed by atoms with Gasteiger partial charge in [-0.25, -0.2) is 4.79 Å². The molecular formula is C21H30O10. The van der Waals surface area contributed by atoms with Crippen molar-refractivity contribution in [1.29, 1.82) is 0 Å². The lowest BCUT2D eigenvalue weighted by atomic mass is 9.59. The van der Waals surface area contributed by atoms with E-state index in [4.69, 9.17) is 14.2 Å². The molecule has 8 atom stereocenters. The molecule has 3 aliphatic rings. The minimum Gasteiger partial charge on any atom is -0.430 e. The molecule has 0 aromatic heterocycles. The van der Waals surface area contributed by atoms with Crippen LogP contribution in [0.5, 0.6) is 0 Å². The number of hydrogen-bond donors (Lipinski definition) is 5. The van der Waals surface area contributed by atoms with Crippen LogP contribution in [-0.2, 0) is 23.8 Å². The standard InChI is InChI=1S/C21H30O10/c1-11(4-5-21(28)19(2)7-12(23)8-20(21,3)29-10-19)6-14(24)31-18-17(27)16(26)15(25)13(9-22)30-18/h4-6,13,15-18,22,25-28H,7-10H2,1-3H3/b5-4+,11-6+/t13-,15-,16+,17-,18+,19-,20-,21+/m1/s1. The van der Waals surface area contributed by atoms with Crippen molar-refractivity contribution in [2.24, 2.45) is 5.41 Å². The third-order valence-electron chi connectivity index (χ3n) is 6.57. The zero-order valence-corrected chi connectivity index (χ0v) is 17.7. The summed E-state index contributed by atoms with van der Waals surface area (Å²) in [5, 5.41) is 50.0. The molecule has 0 amide bonds. The van der Waals surface area contributed by atoms with Gasteiger partial charge in [0.2, 0.25) is 6.29 Å². The quantitative estimate of drug-likeness (QED) is 0.197. The van der Waals surface area contributed by atoms with E-state index in [-0.39, 0.29) is 25.2 Å². The van der Waals surface area contributed by atoms with Gasteiger partial charge in [-0.1, -0.05) is 13.0 Å². The number of Topliss-reactive ketones (excluding diaryl/α,β-unsaturated/α-hetero) is 1. The number of esters is 1. The molecular weight excluding hydrogens is 412 g/mol. The minimum atomic E-state index is -1.70. The zero-order chi connectivity index (χ0) is 23.2. The van der Waals surface area contributed by atoms with Gasteiger partial charge < -0.3 is 39.7 Å². The Kier molecular flexibility index (Phi) is 6.47. The molecule has 10 nitrogen and oxygen atoms in total. The van der Waals surface area contributed by atoms with Gasteiger partial charge in [0, 0.05) is 24.3 Å². The van der Waals surface area contributed by atoms with Gasteiger partial charge in [0.15, 0.2) is 0 Å². The maximum absolute atomic E-state index is 12.2. The lowest BCUT2D eigenvalue weighted by Gasteiger charge is -2.47. The minimum absolute atomic E-state index is 0.0240. The molecule has 2 heterocycles. The molecule has 0 aromatic rings. The highest BCUT2D eigenvalue weighted by molar-refractivity contribution is 5.84. The molecule has 3 rings (SSSR count). The highest BCUT2D eigenvalue weighted by Crippen LogP contribution is 2.56. The summed E-state index contributed by atoms with van der Waals surface area (Å²) in [6, 6.07) is 0. The third kappa shape index (κ3) is 4.09. The van der Waals surface area contributed by atoms with Gasteiger partial charge in [-0.15, -0.1) is 0 Å². The van der Waals surface area contributed by atoms with Gasteiger partial charge in [0.1, 0.15) is 41.4 Å². The zero-order valence-electron chi connectivity index (χ0n) is 17.7. The molecule has 2 aliphatic heterocycles. The highest BCUT2D eigenvalue weighted by Gasteiger charge is 2.67. The number of ketones is 1. The van der Waals surface area contributed by atoms with Crippen LogP contribution in [0.25, 0.3) is 0 Å². The Morgan fingerprint density at radius 2 is 1.87 bits per heavy atom. The maximum atomic E-state index is 12.2. The molecule has 3 fully saturated rings. The van der Waals surface area contributed by atoms with E-state index in [0.717, 1.165) is 6.08 Å². The van der Waals surface area contributed by atoms with E-state index in [0.29, 0.717) is 5.57 Å². The van der Waals surface area contributed by atoms with Crippen molar-refractivity contribution in [3.8, 4) is 0 Å². The van der Waals surface area contributed by atoms with E-state index in [1.165, 1.54) is 12.2 Å². The lowest BCUT2D eigenvalue weighted by Crippen LogP contribution is -2.60. The normalized spacial score (nSPS) is 45.9. The first kappa shape index (κ1) is 24.0. The van der Waals surface area contributed by atoms with Gasteiger partial charge in [-0.3, -0.25) is 4.79 Å². The van der Waals surface area contributed by atoms with Crippen molar-refractivity contribution in [3.05, 3.63) is 23.8 Å². The topological polar surface area (TPSA) is 163 Å². The van der Waals surface area contributed by atoms with Crippen LogP contribution in [-0.4, -0.2) is 92.4 Å². The molecule has 10 heteroatoms. The second kappa shape index (κ2) is 8.36. The average Bonchev–Trinajstić information content (AvgIpc) is 2.79. The summed E-state index contributed by atoms with van der Waals surface area (Å²) in [5.41, 5.74) is -2.86. The van der Waals surface area contributed by atoms with E-state index >= 15 is 0 Å². The van der Waals surface area contributed by atoms with Crippen LogP contribution in [0.2, 0.25) is 0 Å². The number of fused-ring (bicyclic) bond motifs is 2. The lowest BCUT2D eigenvalue weighted by molar-refractivity contribution is -0.291. The van der Waals surface area contributed by atoms with Gasteiger partial charge >= 0.3 is 5.97 Å². The molecule has 174 valence electrons. The summed E-state index contributed by atoms with van der Waals surface area (Å²) in [6.45, 7) is 4.66. The Morgan fingerprint density at radius 1 is 1.19 bits per heavy atom. The fourth-order valence-corrected chi connectivity index (χ4v) is 4.60. The molecule has 5 N–H and O–H groups in total. The number of carbonyl (C=O) groups is 2. The molecule has 0 unspecified atom stereocenters. The predicted molar refractivity (Wildman–Crippen MR) is 104 cm³/mol. The Bertz CT molecular complexity index is 767. The van der Waals surface area contributed by atoms with Crippen LogP contribution >= 0.6 is 0 Å². The van der Waals surface area contributed by atoms with Crippen molar-refractivity contribution >= 4 is 11.8 Å². The van der Waals surface area contributed by atoms with Crippen molar-refractivity contribution < 1.29 is 49.3 Å². The summed E-state index contributed by atoms with van der Waals surface area (Å²) in [6.07, 6.45) is -3.26. The molecule has 31 heavy (non-hydrogen) atoms. The van der Waals surface area contributed by atoms with E-state index in [1.807, 2.05) is 0 Å². The first-order chi connectivity index (χ1) is 14.4. The Balaban J connectivity index is 1.70. The molecule has 1 aliphatic carbocycles. The number of carbonyl (C=O) groups excluding carboxylic acids is 2.